The molecule has 2 N–H and O–H groups in total. The van der Waals surface area contributed by atoms with E-state index >= 15 is 0 Å². The Kier molecular flexibility index (Phi) is 8.10. The number of aromatic carboxylic acids is 1. The zero-order valence-corrected chi connectivity index (χ0v) is 17.7. The fraction of sp³-hybridized carbons (Fsp3) is 0.421. The first-order chi connectivity index (χ1) is 14.3. The van der Waals surface area contributed by atoms with Crippen LogP contribution in [0.1, 0.15) is 62.6 Å². The van der Waals surface area contributed by atoms with E-state index in [-0.39, 0.29) is 47.2 Å². The van der Waals surface area contributed by atoms with E-state index in [1.807, 2.05) is 6.92 Å². The smallest absolute Gasteiger partial charge is 0.348 e. The lowest BCUT2D eigenvalue weighted by Crippen LogP contribution is -2.17. The average Bonchev–Trinajstić information content (AvgIpc) is 3.29. The Morgan fingerprint density at radius 2 is 1.93 bits per heavy atom. The number of thiophene rings is 1. The SMILES string of the molecule is CCCOC(=O)c1c(NC(=O)CCn2cc(C(=O)O)cn2)sc(C(=O)OCC)c1C. The van der Waals surface area contributed by atoms with Crippen LogP contribution in [0.4, 0.5) is 5.00 Å². The van der Waals surface area contributed by atoms with Gasteiger partial charge in [-0.3, -0.25) is 9.48 Å². The average molecular weight is 437 g/mol. The van der Waals surface area contributed by atoms with Crippen molar-refractivity contribution in [3.8, 4) is 0 Å². The minimum absolute atomic E-state index is 0.0179. The predicted octanol–water partition coefficient (Wildman–Crippen LogP) is 2.72. The molecule has 30 heavy (non-hydrogen) atoms. The normalized spacial score (nSPS) is 10.5. The zero-order valence-electron chi connectivity index (χ0n) is 16.9. The van der Waals surface area contributed by atoms with E-state index in [1.54, 1.807) is 13.8 Å². The number of esters is 2. The Bertz CT molecular complexity index is 948. The van der Waals surface area contributed by atoms with Crippen molar-refractivity contribution in [1.82, 2.24) is 9.78 Å². The fourth-order valence-electron chi connectivity index (χ4n) is 2.51. The van der Waals surface area contributed by atoms with Crippen LogP contribution < -0.4 is 5.32 Å². The third-order valence-corrected chi connectivity index (χ3v) is 5.14. The lowest BCUT2D eigenvalue weighted by Gasteiger charge is -2.08. The number of anilines is 1. The molecule has 11 heteroatoms. The second-order valence-electron chi connectivity index (χ2n) is 6.21. The molecule has 2 heterocycles. The molecule has 162 valence electrons. The van der Waals surface area contributed by atoms with Gasteiger partial charge in [-0.2, -0.15) is 5.10 Å². The number of aromatic nitrogens is 2. The number of amides is 1. The van der Waals surface area contributed by atoms with E-state index in [9.17, 15) is 19.2 Å². The van der Waals surface area contributed by atoms with Crippen molar-refractivity contribution in [2.45, 2.75) is 40.2 Å². The van der Waals surface area contributed by atoms with Gasteiger partial charge in [-0.25, -0.2) is 14.4 Å². The first-order valence-corrected chi connectivity index (χ1v) is 10.1. The van der Waals surface area contributed by atoms with Gasteiger partial charge in [0.1, 0.15) is 9.88 Å². The lowest BCUT2D eigenvalue weighted by molar-refractivity contribution is -0.116. The van der Waals surface area contributed by atoms with Gasteiger partial charge in [0.05, 0.1) is 30.5 Å². The molecule has 0 bridgehead atoms. The van der Waals surface area contributed by atoms with Gasteiger partial charge in [0.2, 0.25) is 5.91 Å². The molecule has 0 atom stereocenters. The summed E-state index contributed by atoms with van der Waals surface area (Å²) in [5.74, 6) is -2.75. The highest BCUT2D eigenvalue weighted by Crippen LogP contribution is 2.34. The van der Waals surface area contributed by atoms with Crippen molar-refractivity contribution in [3.05, 3.63) is 34.0 Å². The van der Waals surface area contributed by atoms with Crippen LogP contribution in [0, 0.1) is 6.92 Å². The Labute approximate surface area is 176 Å². The number of hydrogen-bond donors (Lipinski definition) is 2. The van der Waals surface area contributed by atoms with Crippen LogP contribution in [0.25, 0.3) is 0 Å². The molecule has 2 aromatic heterocycles. The van der Waals surface area contributed by atoms with Crippen LogP contribution in [0.3, 0.4) is 0 Å². The molecular weight excluding hydrogens is 414 g/mol. The van der Waals surface area contributed by atoms with Gasteiger partial charge >= 0.3 is 17.9 Å². The van der Waals surface area contributed by atoms with Gasteiger partial charge < -0.3 is 19.9 Å². The molecule has 0 saturated heterocycles. The molecule has 10 nitrogen and oxygen atoms in total. The number of nitrogens with zero attached hydrogens (tertiary/aromatic N) is 2. The van der Waals surface area contributed by atoms with E-state index in [1.165, 1.54) is 17.1 Å². The third kappa shape index (κ3) is 5.66. The largest absolute Gasteiger partial charge is 0.478 e. The minimum atomic E-state index is -1.11. The topological polar surface area (TPSA) is 137 Å². The molecule has 0 unspecified atom stereocenters. The van der Waals surface area contributed by atoms with Crippen LogP contribution in [-0.2, 0) is 20.8 Å². The van der Waals surface area contributed by atoms with Crippen LogP contribution >= 0.6 is 11.3 Å². The van der Waals surface area contributed by atoms with E-state index in [4.69, 9.17) is 14.6 Å². The van der Waals surface area contributed by atoms with Crippen molar-refractivity contribution >= 4 is 40.2 Å². The summed E-state index contributed by atoms with van der Waals surface area (Å²) < 4.78 is 11.5. The molecule has 2 rings (SSSR count). The maximum atomic E-state index is 12.5. The van der Waals surface area contributed by atoms with E-state index < -0.39 is 23.8 Å². The number of carbonyl (C=O) groups is 4. The molecule has 0 aliphatic heterocycles. The third-order valence-electron chi connectivity index (χ3n) is 3.95. The standard InChI is InChI=1S/C19H23N3O7S/c1-4-8-29-18(26)14-11(3)15(19(27)28-5-2)30-16(14)21-13(23)6-7-22-10-12(9-20-22)17(24)25/h9-10H,4-8H2,1-3H3,(H,21,23)(H,24,25). The molecule has 0 aliphatic carbocycles. The maximum absolute atomic E-state index is 12.5. The summed E-state index contributed by atoms with van der Waals surface area (Å²) in [6, 6.07) is 0. The maximum Gasteiger partial charge on any atom is 0.348 e. The van der Waals surface area contributed by atoms with Crippen LogP contribution in [0.15, 0.2) is 12.4 Å². The van der Waals surface area contributed by atoms with Gasteiger partial charge in [-0.15, -0.1) is 11.3 Å². The highest BCUT2D eigenvalue weighted by Gasteiger charge is 2.27. The summed E-state index contributed by atoms with van der Waals surface area (Å²) >= 11 is 0.947. The molecule has 0 saturated carbocycles. The Morgan fingerprint density at radius 3 is 2.53 bits per heavy atom. The summed E-state index contributed by atoms with van der Waals surface area (Å²) in [7, 11) is 0. The number of ether oxygens (including phenoxy) is 2. The van der Waals surface area contributed by atoms with Crippen molar-refractivity contribution < 1.29 is 33.8 Å². The second kappa shape index (κ2) is 10.5. The first kappa shape index (κ1) is 23.1. The molecule has 0 aliphatic rings. The zero-order chi connectivity index (χ0) is 22.3. The van der Waals surface area contributed by atoms with Gasteiger partial charge in [-0.1, -0.05) is 6.92 Å². The van der Waals surface area contributed by atoms with Gasteiger partial charge in [0.15, 0.2) is 0 Å². The number of carbonyl (C=O) groups excluding carboxylic acids is 3. The quantitative estimate of drug-likeness (QED) is 0.541. The summed E-state index contributed by atoms with van der Waals surface area (Å²) in [6.07, 6.45) is 3.12. The Balaban J connectivity index is 2.17. The summed E-state index contributed by atoms with van der Waals surface area (Å²) in [5.41, 5.74) is 0.523. The molecule has 0 fully saturated rings. The lowest BCUT2D eigenvalue weighted by atomic mass is 10.1. The van der Waals surface area contributed by atoms with Crippen molar-refractivity contribution in [3.63, 3.8) is 0 Å². The molecular formula is C19H23N3O7S. The summed E-state index contributed by atoms with van der Waals surface area (Å²) in [4.78, 5) is 48.2. The second-order valence-corrected chi connectivity index (χ2v) is 7.23. The van der Waals surface area contributed by atoms with E-state index in [0.29, 0.717) is 12.0 Å². The number of aryl methyl sites for hydroxylation is 1. The highest BCUT2D eigenvalue weighted by atomic mass is 32.1. The predicted molar refractivity (Wildman–Crippen MR) is 108 cm³/mol. The molecule has 1 amide bonds. The Hall–Kier alpha value is -3.21. The fourth-order valence-corrected chi connectivity index (χ4v) is 3.61. The van der Waals surface area contributed by atoms with Crippen LogP contribution in [-0.4, -0.2) is 51.9 Å². The van der Waals surface area contributed by atoms with Gasteiger partial charge in [0, 0.05) is 19.2 Å². The van der Waals surface area contributed by atoms with Crippen LogP contribution in [0.2, 0.25) is 0 Å². The molecule has 0 spiro atoms. The van der Waals surface area contributed by atoms with Gasteiger partial charge in [-0.05, 0) is 25.8 Å². The van der Waals surface area contributed by atoms with Crippen molar-refractivity contribution in [2.75, 3.05) is 18.5 Å². The van der Waals surface area contributed by atoms with Gasteiger partial charge in [0.25, 0.3) is 0 Å². The first-order valence-electron chi connectivity index (χ1n) is 9.31. The highest BCUT2D eigenvalue weighted by molar-refractivity contribution is 7.18. The van der Waals surface area contributed by atoms with Crippen LogP contribution in [0.5, 0.6) is 0 Å². The Morgan fingerprint density at radius 1 is 1.20 bits per heavy atom. The summed E-state index contributed by atoms with van der Waals surface area (Å²) in [6.45, 7) is 5.65. The summed E-state index contributed by atoms with van der Waals surface area (Å²) in [5, 5.41) is 15.6. The molecule has 0 aromatic carbocycles. The number of rotatable bonds is 10. The molecule has 0 radical (unpaired) electrons. The number of nitrogens with one attached hydrogen (secondary N) is 1. The molecule has 2 aromatic rings. The number of carboxylic acid groups (broad SMARTS) is 1. The van der Waals surface area contributed by atoms with Crippen molar-refractivity contribution in [2.24, 2.45) is 0 Å². The number of carboxylic acids is 1. The van der Waals surface area contributed by atoms with Crippen molar-refractivity contribution in [1.29, 1.82) is 0 Å². The number of hydrogen-bond acceptors (Lipinski definition) is 8. The minimum Gasteiger partial charge on any atom is -0.478 e. The van der Waals surface area contributed by atoms with E-state index in [0.717, 1.165) is 11.3 Å². The van der Waals surface area contributed by atoms with E-state index in [2.05, 4.69) is 10.4 Å². The monoisotopic (exact) mass is 437 g/mol.